The normalized spacial score (nSPS) is 18.2. The molecule has 1 aliphatic heterocycles. The molecule has 2 aromatic rings. The number of benzene rings is 1. The van der Waals surface area contributed by atoms with E-state index in [1.165, 1.54) is 0 Å². The van der Waals surface area contributed by atoms with Gasteiger partial charge in [-0.25, -0.2) is 0 Å². The van der Waals surface area contributed by atoms with Crippen LogP contribution < -0.4 is 10.6 Å². The highest BCUT2D eigenvalue weighted by Crippen LogP contribution is 2.22. The minimum atomic E-state index is 0.0534. The van der Waals surface area contributed by atoms with Crippen LogP contribution in [0.25, 0.3) is 5.70 Å². The molecule has 19 heavy (non-hydrogen) atoms. The molecule has 1 unspecified atom stereocenters. The van der Waals surface area contributed by atoms with Crippen molar-refractivity contribution in [2.45, 2.75) is 6.04 Å². The lowest BCUT2D eigenvalue weighted by Gasteiger charge is -2.26. The van der Waals surface area contributed by atoms with Gasteiger partial charge in [-0.2, -0.15) is 0 Å². The molecule has 0 saturated heterocycles. The second-order valence-corrected chi connectivity index (χ2v) is 4.72. The second kappa shape index (κ2) is 5.20. The maximum atomic E-state index is 5.28. The molecule has 0 bridgehead atoms. The molecule has 0 amide bonds. The van der Waals surface area contributed by atoms with Gasteiger partial charge in [0.1, 0.15) is 0 Å². The van der Waals surface area contributed by atoms with Crippen molar-refractivity contribution in [1.29, 1.82) is 0 Å². The molecule has 3 rings (SSSR count). The Bertz CT molecular complexity index is 608. The van der Waals surface area contributed by atoms with E-state index in [0.717, 1.165) is 16.8 Å². The number of nitrogens with one attached hydrogen (secondary N) is 2. The lowest BCUT2D eigenvalue weighted by Crippen LogP contribution is -2.40. The highest BCUT2D eigenvalue weighted by molar-refractivity contribution is 7.80. The number of nitrogens with zero attached hydrogens (tertiary/aromatic N) is 1. The average Bonchev–Trinajstić information content (AvgIpc) is 2.48. The molecular weight excluding hydrogens is 254 g/mol. The van der Waals surface area contributed by atoms with E-state index in [-0.39, 0.29) is 6.04 Å². The van der Waals surface area contributed by atoms with Gasteiger partial charge >= 0.3 is 0 Å². The van der Waals surface area contributed by atoms with Crippen LogP contribution in [-0.2, 0) is 0 Å². The van der Waals surface area contributed by atoms with Crippen molar-refractivity contribution in [3.05, 3.63) is 72.1 Å². The number of thiocarbonyl (C=S) groups is 1. The third-order valence-electron chi connectivity index (χ3n) is 3.00. The van der Waals surface area contributed by atoms with Crippen LogP contribution in [0, 0.1) is 0 Å². The molecule has 3 nitrogen and oxygen atoms in total. The predicted octanol–water partition coefficient (Wildman–Crippen LogP) is 2.64. The lowest BCUT2D eigenvalue weighted by molar-refractivity contribution is 0.761. The van der Waals surface area contributed by atoms with E-state index in [1.807, 2.05) is 36.5 Å². The third kappa shape index (κ3) is 2.63. The Kier molecular flexibility index (Phi) is 3.25. The minimum Gasteiger partial charge on any atom is -0.352 e. The Morgan fingerprint density at radius 2 is 1.89 bits per heavy atom. The van der Waals surface area contributed by atoms with Crippen molar-refractivity contribution >= 4 is 23.0 Å². The number of hydrogen-bond donors (Lipinski definition) is 2. The van der Waals surface area contributed by atoms with E-state index >= 15 is 0 Å². The molecular formula is C15H13N3S. The molecule has 1 aromatic carbocycles. The maximum absolute atomic E-state index is 5.28. The number of pyridine rings is 1. The summed E-state index contributed by atoms with van der Waals surface area (Å²) >= 11 is 5.28. The lowest BCUT2D eigenvalue weighted by atomic mass is 10.0. The number of hydrogen-bond acceptors (Lipinski definition) is 2. The van der Waals surface area contributed by atoms with Crippen LogP contribution >= 0.6 is 12.2 Å². The summed E-state index contributed by atoms with van der Waals surface area (Å²) in [6.07, 6.45) is 5.75. The van der Waals surface area contributed by atoms with Crippen LogP contribution in [0.4, 0.5) is 0 Å². The van der Waals surface area contributed by atoms with Crippen molar-refractivity contribution in [2.75, 3.05) is 0 Å². The van der Waals surface area contributed by atoms with Gasteiger partial charge in [-0.3, -0.25) is 4.98 Å². The van der Waals surface area contributed by atoms with Gasteiger partial charge in [0.05, 0.1) is 6.04 Å². The third-order valence-corrected chi connectivity index (χ3v) is 3.22. The van der Waals surface area contributed by atoms with E-state index in [2.05, 4.69) is 33.8 Å². The van der Waals surface area contributed by atoms with Crippen molar-refractivity contribution < 1.29 is 0 Å². The van der Waals surface area contributed by atoms with Gasteiger partial charge in [0.15, 0.2) is 5.11 Å². The van der Waals surface area contributed by atoms with Gasteiger partial charge in [0.2, 0.25) is 0 Å². The van der Waals surface area contributed by atoms with E-state index in [4.69, 9.17) is 12.2 Å². The van der Waals surface area contributed by atoms with E-state index in [0.29, 0.717) is 5.11 Å². The Labute approximate surface area is 117 Å². The Balaban J connectivity index is 1.97. The first-order valence-corrected chi connectivity index (χ1v) is 6.48. The Hall–Kier alpha value is -2.20. The summed E-state index contributed by atoms with van der Waals surface area (Å²) in [5.74, 6) is 0. The summed E-state index contributed by atoms with van der Waals surface area (Å²) < 4.78 is 0. The molecule has 0 saturated carbocycles. The summed E-state index contributed by atoms with van der Waals surface area (Å²) in [6, 6.07) is 14.2. The zero-order valence-electron chi connectivity index (χ0n) is 10.2. The molecule has 0 spiro atoms. The van der Waals surface area contributed by atoms with Crippen molar-refractivity contribution in [3.63, 3.8) is 0 Å². The fraction of sp³-hybridized carbons (Fsp3) is 0.0667. The highest BCUT2D eigenvalue weighted by atomic mass is 32.1. The zero-order valence-corrected chi connectivity index (χ0v) is 11.0. The first-order valence-electron chi connectivity index (χ1n) is 6.07. The van der Waals surface area contributed by atoms with Crippen molar-refractivity contribution in [1.82, 2.24) is 15.6 Å². The molecule has 94 valence electrons. The fourth-order valence-corrected chi connectivity index (χ4v) is 2.31. The molecule has 2 N–H and O–H groups in total. The summed E-state index contributed by atoms with van der Waals surface area (Å²) in [5.41, 5.74) is 3.25. The van der Waals surface area contributed by atoms with Gasteiger partial charge in [-0.15, -0.1) is 0 Å². The molecule has 0 radical (unpaired) electrons. The number of rotatable bonds is 2. The fourth-order valence-electron chi connectivity index (χ4n) is 2.08. The van der Waals surface area contributed by atoms with E-state index < -0.39 is 0 Å². The van der Waals surface area contributed by atoms with E-state index in [1.54, 1.807) is 6.20 Å². The van der Waals surface area contributed by atoms with Gasteiger partial charge < -0.3 is 10.6 Å². The van der Waals surface area contributed by atoms with Crippen LogP contribution in [0.1, 0.15) is 17.2 Å². The minimum absolute atomic E-state index is 0.0534. The second-order valence-electron chi connectivity index (χ2n) is 4.31. The Morgan fingerprint density at radius 3 is 2.63 bits per heavy atom. The topological polar surface area (TPSA) is 37.0 Å². The van der Waals surface area contributed by atoms with Crippen LogP contribution in [0.3, 0.4) is 0 Å². The predicted molar refractivity (Wildman–Crippen MR) is 80.3 cm³/mol. The first-order chi connectivity index (χ1) is 9.33. The zero-order chi connectivity index (χ0) is 13.1. The van der Waals surface area contributed by atoms with Crippen LogP contribution in [-0.4, -0.2) is 10.1 Å². The molecule has 1 aliphatic rings. The van der Waals surface area contributed by atoms with Gasteiger partial charge in [-0.1, -0.05) is 36.4 Å². The van der Waals surface area contributed by atoms with Crippen LogP contribution in [0.5, 0.6) is 0 Å². The van der Waals surface area contributed by atoms with Gasteiger partial charge in [0.25, 0.3) is 0 Å². The highest BCUT2D eigenvalue weighted by Gasteiger charge is 2.18. The van der Waals surface area contributed by atoms with Crippen molar-refractivity contribution in [2.24, 2.45) is 0 Å². The van der Waals surface area contributed by atoms with Gasteiger partial charge in [0, 0.05) is 18.1 Å². The SMILES string of the molecule is S=C1NC(c2ccccc2)=CC(c2cccnc2)N1. The maximum Gasteiger partial charge on any atom is 0.171 e. The Morgan fingerprint density at radius 1 is 1.05 bits per heavy atom. The quantitative estimate of drug-likeness (QED) is 0.820. The largest absolute Gasteiger partial charge is 0.352 e. The number of aromatic nitrogens is 1. The van der Waals surface area contributed by atoms with E-state index in [9.17, 15) is 0 Å². The smallest absolute Gasteiger partial charge is 0.171 e. The standard InChI is InChI=1S/C15H13N3S/c19-15-17-13(11-5-2-1-3-6-11)9-14(18-15)12-7-4-8-16-10-12/h1-10,14H,(H2,17,18,19). The molecule has 2 heterocycles. The summed E-state index contributed by atoms with van der Waals surface area (Å²) in [5, 5.41) is 7.06. The summed E-state index contributed by atoms with van der Waals surface area (Å²) in [6.45, 7) is 0. The molecule has 0 fully saturated rings. The van der Waals surface area contributed by atoms with Crippen LogP contribution in [0.2, 0.25) is 0 Å². The average molecular weight is 267 g/mol. The van der Waals surface area contributed by atoms with Crippen LogP contribution in [0.15, 0.2) is 60.9 Å². The monoisotopic (exact) mass is 267 g/mol. The first kappa shape index (κ1) is 11.9. The molecule has 0 aliphatic carbocycles. The van der Waals surface area contributed by atoms with Gasteiger partial charge in [-0.05, 0) is 35.5 Å². The molecule has 4 heteroatoms. The molecule has 1 aromatic heterocycles. The van der Waals surface area contributed by atoms with Crippen molar-refractivity contribution in [3.8, 4) is 0 Å². The summed E-state index contributed by atoms with van der Waals surface area (Å²) in [7, 11) is 0. The molecule has 1 atom stereocenters. The summed E-state index contributed by atoms with van der Waals surface area (Å²) in [4.78, 5) is 4.15.